The van der Waals surface area contributed by atoms with Crippen LogP contribution in [0.5, 0.6) is 0 Å². The van der Waals surface area contributed by atoms with E-state index in [1.807, 2.05) is 38.1 Å². The minimum atomic E-state index is -0.428. The molecule has 6 nitrogen and oxygen atoms in total. The summed E-state index contributed by atoms with van der Waals surface area (Å²) in [5.41, 5.74) is 10.00. The number of nitrogens with zero attached hydrogens (tertiary/aromatic N) is 4. The number of likely N-dealkylation sites (tertiary alicyclic amines) is 1. The molecule has 6 heteroatoms. The second-order valence-corrected chi connectivity index (χ2v) is 8.45. The molecular weight excluding hydrogens is 350 g/mol. The number of nitrogen functional groups attached to an aromatic ring is 1. The van der Waals surface area contributed by atoms with Gasteiger partial charge in [-0.15, -0.1) is 0 Å². The number of piperidine rings is 2. The summed E-state index contributed by atoms with van der Waals surface area (Å²) in [4.78, 5) is 13.7. The van der Waals surface area contributed by atoms with Gasteiger partial charge in [-0.3, -0.25) is 4.90 Å². The number of aryl methyl sites for hydroxylation is 2. The van der Waals surface area contributed by atoms with Gasteiger partial charge in [-0.05, 0) is 57.2 Å². The summed E-state index contributed by atoms with van der Waals surface area (Å²) in [6.45, 7) is 7.44. The Morgan fingerprint density at radius 2 is 1.75 bits per heavy atom. The number of rotatable bonds is 3. The van der Waals surface area contributed by atoms with Crippen LogP contribution in [0.2, 0.25) is 0 Å². The van der Waals surface area contributed by atoms with Crippen molar-refractivity contribution in [1.29, 1.82) is 0 Å². The van der Waals surface area contributed by atoms with E-state index in [1.54, 1.807) is 0 Å². The summed E-state index contributed by atoms with van der Waals surface area (Å²) in [7, 11) is 0. The molecule has 1 aromatic heterocycles. The van der Waals surface area contributed by atoms with Gasteiger partial charge in [-0.2, -0.15) is 0 Å². The first-order chi connectivity index (χ1) is 13.5. The second kappa shape index (κ2) is 7.68. The highest BCUT2D eigenvalue weighted by Crippen LogP contribution is 2.44. The SMILES string of the molecule is Cc1cc(C)nc(N2CCC3(CCCN(Cc4ccccc4N)C3O)CC2)n1. The summed E-state index contributed by atoms with van der Waals surface area (Å²) < 4.78 is 0. The molecule has 1 aromatic carbocycles. The van der Waals surface area contributed by atoms with Crippen LogP contribution in [0.4, 0.5) is 11.6 Å². The number of para-hydroxylation sites is 1. The monoisotopic (exact) mass is 381 g/mol. The second-order valence-electron chi connectivity index (χ2n) is 8.45. The number of anilines is 2. The van der Waals surface area contributed by atoms with Crippen LogP contribution in [0.25, 0.3) is 0 Å². The van der Waals surface area contributed by atoms with Crippen LogP contribution in [0.1, 0.15) is 42.6 Å². The van der Waals surface area contributed by atoms with Crippen molar-refractivity contribution < 1.29 is 5.11 Å². The van der Waals surface area contributed by atoms with Crippen molar-refractivity contribution in [3.05, 3.63) is 47.3 Å². The normalized spacial score (nSPS) is 22.5. The maximum atomic E-state index is 11.3. The van der Waals surface area contributed by atoms with E-state index < -0.39 is 6.23 Å². The van der Waals surface area contributed by atoms with Crippen LogP contribution in [0.3, 0.4) is 0 Å². The van der Waals surface area contributed by atoms with Crippen molar-refractivity contribution >= 4 is 11.6 Å². The molecular formula is C22H31N5O. The smallest absolute Gasteiger partial charge is 0.225 e. The summed E-state index contributed by atoms with van der Waals surface area (Å²) in [6, 6.07) is 9.97. The number of hydrogen-bond acceptors (Lipinski definition) is 6. The van der Waals surface area contributed by atoms with Gasteiger partial charge in [0.25, 0.3) is 0 Å². The molecule has 2 fully saturated rings. The molecule has 0 amide bonds. The zero-order chi connectivity index (χ0) is 19.7. The Balaban J connectivity index is 1.46. The molecule has 3 N–H and O–H groups in total. The fraction of sp³-hybridized carbons (Fsp3) is 0.545. The summed E-state index contributed by atoms with van der Waals surface area (Å²) in [5.74, 6) is 0.826. The van der Waals surface area contributed by atoms with E-state index in [0.717, 1.165) is 73.9 Å². The highest BCUT2D eigenvalue weighted by molar-refractivity contribution is 5.46. The van der Waals surface area contributed by atoms with Crippen LogP contribution >= 0.6 is 0 Å². The molecule has 0 saturated carbocycles. The van der Waals surface area contributed by atoms with Gasteiger partial charge < -0.3 is 15.7 Å². The molecule has 150 valence electrons. The first-order valence-electron chi connectivity index (χ1n) is 10.3. The van der Waals surface area contributed by atoms with Crippen LogP contribution < -0.4 is 10.6 Å². The van der Waals surface area contributed by atoms with Crippen molar-refractivity contribution in [2.75, 3.05) is 30.3 Å². The Labute approximate surface area is 167 Å². The van der Waals surface area contributed by atoms with Crippen molar-refractivity contribution in [2.45, 2.75) is 52.3 Å². The summed E-state index contributed by atoms with van der Waals surface area (Å²) in [5, 5.41) is 11.3. The van der Waals surface area contributed by atoms with Crippen molar-refractivity contribution in [3.8, 4) is 0 Å². The number of nitrogens with two attached hydrogens (primary N) is 1. The number of hydrogen-bond donors (Lipinski definition) is 2. The van der Waals surface area contributed by atoms with Gasteiger partial charge in [0.2, 0.25) is 5.95 Å². The topological polar surface area (TPSA) is 78.5 Å². The molecule has 28 heavy (non-hydrogen) atoms. The average Bonchev–Trinajstić information content (AvgIpc) is 2.67. The molecule has 1 atom stereocenters. The van der Waals surface area contributed by atoms with Gasteiger partial charge in [0, 0.05) is 48.7 Å². The highest BCUT2D eigenvalue weighted by atomic mass is 16.3. The van der Waals surface area contributed by atoms with Crippen LogP contribution in [-0.4, -0.2) is 45.8 Å². The summed E-state index contributed by atoms with van der Waals surface area (Å²) in [6.07, 6.45) is 3.69. The lowest BCUT2D eigenvalue weighted by atomic mass is 9.70. The average molecular weight is 382 g/mol. The quantitative estimate of drug-likeness (QED) is 0.796. The first-order valence-corrected chi connectivity index (χ1v) is 10.3. The van der Waals surface area contributed by atoms with Crippen LogP contribution in [0.15, 0.2) is 30.3 Å². The molecule has 2 aliphatic rings. The number of benzene rings is 1. The van der Waals surface area contributed by atoms with Crippen molar-refractivity contribution in [1.82, 2.24) is 14.9 Å². The minimum Gasteiger partial charge on any atom is -0.398 e. The molecule has 0 aliphatic carbocycles. The maximum absolute atomic E-state index is 11.3. The van der Waals surface area contributed by atoms with Crippen molar-refractivity contribution in [2.24, 2.45) is 5.41 Å². The fourth-order valence-electron chi connectivity index (χ4n) is 4.84. The van der Waals surface area contributed by atoms with Gasteiger partial charge in [-0.1, -0.05) is 18.2 Å². The fourth-order valence-corrected chi connectivity index (χ4v) is 4.84. The van der Waals surface area contributed by atoms with Gasteiger partial charge in [-0.25, -0.2) is 9.97 Å². The van der Waals surface area contributed by atoms with Gasteiger partial charge in [0.15, 0.2) is 0 Å². The zero-order valence-electron chi connectivity index (χ0n) is 16.9. The third kappa shape index (κ3) is 3.71. The molecule has 2 saturated heterocycles. The molecule has 3 heterocycles. The lowest BCUT2D eigenvalue weighted by molar-refractivity contribution is -0.135. The zero-order valence-corrected chi connectivity index (χ0v) is 16.9. The Kier molecular flexibility index (Phi) is 5.25. The Hall–Kier alpha value is -2.18. The highest BCUT2D eigenvalue weighted by Gasteiger charge is 2.45. The minimum absolute atomic E-state index is 0.0445. The number of aromatic nitrogens is 2. The van der Waals surface area contributed by atoms with E-state index in [4.69, 9.17) is 5.73 Å². The van der Waals surface area contributed by atoms with E-state index in [2.05, 4.69) is 25.8 Å². The lowest BCUT2D eigenvalue weighted by Gasteiger charge is -2.51. The Bertz CT molecular complexity index is 811. The van der Waals surface area contributed by atoms with Gasteiger partial charge in [0.1, 0.15) is 6.23 Å². The van der Waals surface area contributed by atoms with E-state index >= 15 is 0 Å². The summed E-state index contributed by atoms with van der Waals surface area (Å²) >= 11 is 0. The third-order valence-electron chi connectivity index (χ3n) is 6.45. The third-order valence-corrected chi connectivity index (χ3v) is 6.45. The predicted molar refractivity (Wildman–Crippen MR) is 112 cm³/mol. The Morgan fingerprint density at radius 3 is 2.43 bits per heavy atom. The number of aliphatic hydroxyl groups is 1. The molecule has 0 bridgehead atoms. The van der Waals surface area contributed by atoms with Gasteiger partial charge in [0.05, 0.1) is 0 Å². The predicted octanol–water partition coefficient (Wildman–Crippen LogP) is 2.88. The van der Waals surface area contributed by atoms with Crippen LogP contribution in [0, 0.1) is 19.3 Å². The maximum Gasteiger partial charge on any atom is 0.225 e. The Morgan fingerprint density at radius 1 is 1.07 bits per heavy atom. The molecule has 0 radical (unpaired) electrons. The van der Waals surface area contributed by atoms with Crippen LogP contribution in [-0.2, 0) is 6.54 Å². The van der Waals surface area contributed by atoms with Gasteiger partial charge >= 0.3 is 0 Å². The van der Waals surface area contributed by atoms with E-state index in [0.29, 0.717) is 6.54 Å². The molecule has 4 rings (SSSR count). The standard InChI is InChI=1S/C22H31N5O/c1-16-14-17(2)25-21(24-16)26-12-9-22(10-13-26)8-5-11-27(20(22)28)15-18-6-3-4-7-19(18)23/h3-4,6-7,14,20,28H,5,8-13,15,23H2,1-2H3. The van der Waals surface area contributed by atoms with E-state index in [9.17, 15) is 5.11 Å². The molecule has 1 spiro atoms. The molecule has 2 aromatic rings. The first kappa shape index (κ1) is 19.2. The molecule has 1 unspecified atom stereocenters. The van der Waals surface area contributed by atoms with Crippen molar-refractivity contribution in [3.63, 3.8) is 0 Å². The van der Waals surface area contributed by atoms with E-state index in [-0.39, 0.29) is 5.41 Å². The lowest BCUT2D eigenvalue weighted by Crippen LogP contribution is -2.56. The largest absolute Gasteiger partial charge is 0.398 e. The molecule has 2 aliphatic heterocycles. The van der Waals surface area contributed by atoms with E-state index in [1.165, 1.54) is 0 Å². The number of aliphatic hydroxyl groups excluding tert-OH is 1.